The molecule has 1 aliphatic heterocycles. The summed E-state index contributed by atoms with van der Waals surface area (Å²) in [6, 6.07) is 2.37. The zero-order valence-electron chi connectivity index (χ0n) is 7.25. The molecule has 1 aromatic rings. The standard InChI is InChI=1S/C8H14N4/c1-12-8(9)5-7(11-12)6-3-2-4-10-6/h5-6,10H,2-4,9H2,1H3. The third kappa shape index (κ3) is 1.18. The second-order valence-electron chi connectivity index (χ2n) is 3.27. The van der Waals surface area contributed by atoms with Crippen LogP contribution in [-0.2, 0) is 7.05 Å². The van der Waals surface area contributed by atoms with Gasteiger partial charge >= 0.3 is 0 Å². The number of hydrogen-bond acceptors (Lipinski definition) is 3. The summed E-state index contributed by atoms with van der Waals surface area (Å²) in [5.74, 6) is 0.735. The number of anilines is 1. The molecule has 4 heteroatoms. The number of nitrogens with two attached hydrogens (primary N) is 1. The first-order valence-corrected chi connectivity index (χ1v) is 4.30. The molecule has 3 N–H and O–H groups in total. The van der Waals surface area contributed by atoms with E-state index in [1.165, 1.54) is 12.8 Å². The fourth-order valence-electron chi connectivity index (χ4n) is 1.61. The number of hydrogen-bond donors (Lipinski definition) is 2. The zero-order chi connectivity index (χ0) is 8.55. The van der Waals surface area contributed by atoms with Crippen molar-refractivity contribution in [2.75, 3.05) is 12.3 Å². The second-order valence-corrected chi connectivity index (χ2v) is 3.27. The molecule has 0 aromatic carbocycles. The van der Waals surface area contributed by atoms with Crippen LogP contribution in [0, 0.1) is 0 Å². The number of nitrogens with one attached hydrogen (secondary N) is 1. The molecule has 0 aliphatic carbocycles. The van der Waals surface area contributed by atoms with E-state index in [0.29, 0.717) is 6.04 Å². The van der Waals surface area contributed by atoms with Crippen molar-refractivity contribution in [1.82, 2.24) is 15.1 Å². The molecule has 66 valence electrons. The van der Waals surface area contributed by atoms with E-state index in [4.69, 9.17) is 5.73 Å². The molecule has 0 amide bonds. The highest BCUT2D eigenvalue weighted by Gasteiger charge is 2.18. The first-order valence-electron chi connectivity index (χ1n) is 4.30. The Labute approximate surface area is 71.7 Å². The minimum atomic E-state index is 0.425. The van der Waals surface area contributed by atoms with E-state index in [-0.39, 0.29) is 0 Å². The highest BCUT2D eigenvalue weighted by Crippen LogP contribution is 2.22. The molecule has 1 fully saturated rings. The van der Waals surface area contributed by atoms with Gasteiger partial charge < -0.3 is 11.1 Å². The number of aryl methyl sites for hydroxylation is 1. The lowest BCUT2D eigenvalue weighted by Crippen LogP contribution is -2.13. The predicted octanol–water partition coefficient (Wildman–Crippen LogP) is 0.427. The Morgan fingerprint density at radius 2 is 2.58 bits per heavy atom. The fourth-order valence-corrected chi connectivity index (χ4v) is 1.61. The van der Waals surface area contributed by atoms with Crippen molar-refractivity contribution >= 4 is 5.82 Å². The van der Waals surface area contributed by atoms with E-state index in [9.17, 15) is 0 Å². The minimum absolute atomic E-state index is 0.425. The molecular formula is C8H14N4. The lowest BCUT2D eigenvalue weighted by molar-refractivity contribution is 0.607. The Balaban J connectivity index is 2.21. The number of aromatic nitrogens is 2. The van der Waals surface area contributed by atoms with Crippen LogP contribution < -0.4 is 11.1 Å². The van der Waals surface area contributed by atoms with Crippen molar-refractivity contribution < 1.29 is 0 Å². The van der Waals surface area contributed by atoms with Crippen LogP contribution in [0.1, 0.15) is 24.6 Å². The predicted molar refractivity (Wildman–Crippen MR) is 47.6 cm³/mol. The topological polar surface area (TPSA) is 55.9 Å². The summed E-state index contributed by atoms with van der Waals surface area (Å²) in [5.41, 5.74) is 6.76. The molecular weight excluding hydrogens is 152 g/mol. The van der Waals surface area contributed by atoms with Crippen molar-refractivity contribution in [3.05, 3.63) is 11.8 Å². The number of nitrogens with zero attached hydrogens (tertiary/aromatic N) is 2. The zero-order valence-corrected chi connectivity index (χ0v) is 7.25. The van der Waals surface area contributed by atoms with E-state index in [2.05, 4.69) is 10.4 Å². The minimum Gasteiger partial charge on any atom is -0.384 e. The molecule has 12 heavy (non-hydrogen) atoms. The van der Waals surface area contributed by atoms with E-state index in [0.717, 1.165) is 18.1 Å². The van der Waals surface area contributed by atoms with E-state index in [1.54, 1.807) is 4.68 Å². The number of rotatable bonds is 1. The van der Waals surface area contributed by atoms with Crippen LogP contribution in [0.2, 0.25) is 0 Å². The fraction of sp³-hybridized carbons (Fsp3) is 0.625. The molecule has 1 atom stereocenters. The van der Waals surface area contributed by atoms with Gasteiger partial charge in [-0.05, 0) is 19.4 Å². The summed E-state index contributed by atoms with van der Waals surface area (Å²) in [5, 5.41) is 7.70. The third-order valence-electron chi connectivity index (χ3n) is 2.35. The summed E-state index contributed by atoms with van der Waals surface area (Å²) in [7, 11) is 1.87. The smallest absolute Gasteiger partial charge is 0.121 e. The highest BCUT2D eigenvalue weighted by molar-refractivity contribution is 5.31. The van der Waals surface area contributed by atoms with Crippen LogP contribution in [-0.4, -0.2) is 16.3 Å². The van der Waals surface area contributed by atoms with Crippen molar-refractivity contribution in [2.45, 2.75) is 18.9 Å². The van der Waals surface area contributed by atoms with Gasteiger partial charge in [-0.1, -0.05) is 0 Å². The Morgan fingerprint density at radius 3 is 3.08 bits per heavy atom. The third-order valence-corrected chi connectivity index (χ3v) is 2.35. The molecule has 1 unspecified atom stereocenters. The van der Waals surface area contributed by atoms with Crippen LogP contribution in [0.3, 0.4) is 0 Å². The molecule has 2 heterocycles. The maximum absolute atomic E-state index is 5.68. The molecule has 0 spiro atoms. The Hall–Kier alpha value is -1.03. The van der Waals surface area contributed by atoms with Gasteiger partial charge in [0.2, 0.25) is 0 Å². The van der Waals surface area contributed by atoms with Gasteiger partial charge in [-0.2, -0.15) is 5.10 Å². The van der Waals surface area contributed by atoms with Gasteiger partial charge in [-0.25, -0.2) is 0 Å². The maximum Gasteiger partial charge on any atom is 0.121 e. The van der Waals surface area contributed by atoms with Gasteiger partial charge in [0.25, 0.3) is 0 Å². The summed E-state index contributed by atoms with van der Waals surface area (Å²) in [6.45, 7) is 1.10. The Kier molecular flexibility index (Phi) is 1.77. The van der Waals surface area contributed by atoms with Gasteiger partial charge in [0.05, 0.1) is 11.7 Å². The average Bonchev–Trinajstić information content (AvgIpc) is 2.61. The van der Waals surface area contributed by atoms with Crippen LogP contribution in [0.15, 0.2) is 6.07 Å². The second kappa shape index (κ2) is 2.79. The van der Waals surface area contributed by atoms with Crippen LogP contribution in [0.5, 0.6) is 0 Å². The lowest BCUT2D eigenvalue weighted by atomic mass is 10.2. The van der Waals surface area contributed by atoms with Crippen LogP contribution >= 0.6 is 0 Å². The summed E-state index contributed by atoms with van der Waals surface area (Å²) >= 11 is 0. The van der Waals surface area contributed by atoms with Crippen molar-refractivity contribution in [3.8, 4) is 0 Å². The molecule has 1 saturated heterocycles. The first-order chi connectivity index (χ1) is 5.77. The van der Waals surface area contributed by atoms with Crippen molar-refractivity contribution in [1.29, 1.82) is 0 Å². The quantitative estimate of drug-likeness (QED) is 0.636. The monoisotopic (exact) mass is 166 g/mol. The SMILES string of the molecule is Cn1nc(C2CCCN2)cc1N. The Morgan fingerprint density at radius 1 is 1.75 bits per heavy atom. The highest BCUT2D eigenvalue weighted by atomic mass is 15.3. The van der Waals surface area contributed by atoms with Gasteiger partial charge in [0, 0.05) is 13.1 Å². The summed E-state index contributed by atoms with van der Waals surface area (Å²) < 4.78 is 1.72. The molecule has 0 bridgehead atoms. The lowest BCUT2D eigenvalue weighted by Gasteiger charge is -2.04. The molecule has 2 rings (SSSR count). The summed E-state index contributed by atoms with van der Waals surface area (Å²) in [4.78, 5) is 0. The maximum atomic E-state index is 5.68. The van der Waals surface area contributed by atoms with Crippen LogP contribution in [0.4, 0.5) is 5.82 Å². The molecule has 1 aromatic heterocycles. The van der Waals surface area contributed by atoms with Crippen LogP contribution in [0.25, 0.3) is 0 Å². The van der Waals surface area contributed by atoms with Gasteiger partial charge in [0.15, 0.2) is 0 Å². The van der Waals surface area contributed by atoms with Crippen molar-refractivity contribution in [2.24, 2.45) is 7.05 Å². The molecule has 1 aliphatic rings. The largest absolute Gasteiger partial charge is 0.384 e. The molecule has 4 nitrogen and oxygen atoms in total. The van der Waals surface area contributed by atoms with Gasteiger partial charge in [0.1, 0.15) is 5.82 Å². The van der Waals surface area contributed by atoms with E-state index < -0.39 is 0 Å². The normalized spacial score (nSPS) is 23.2. The van der Waals surface area contributed by atoms with Crippen molar-refractivity contribution in [3.63, 3.8) is 0 Å². The average molecular weight is 166 g/mol. The first kappa shape index (κ1) is 7.61. The van der Waals surface area contributed by atoms with Gasteiger partial charge in [-0.3, -0.25) is 4.68 Å². The number of nitrogen functional groups attached to an aromatic ring is 1. The molecule has 0 radical (unpaired) electrons. The van der Waals surface area contributed by atoms with E-state index >= 15 is 0 Å². The van der Waals surface area contributed by atoms with Gasteiger partial charge in [-0.15, -0.1) is 0 Å². The van der Waals surface area contributed by atoms with E-state index in [1.807, 2.05) is 13.1 Å². The Bertz CT molecular complexity index is 253. The molecule has 0 saturated carbocycles. The summed E-state index contributed by atoms with van der Waals surface area (Å²) in [6.07, 6.45) is 2.41.